The van der Waals surface area contributed by atoms with Crippen molar-refractivity contribution >= 4 is 16.9 Å². The highest BCUT2D eigenvalue weighted by Gasteiger charge is 2.24. The molecule has 1 saturated heterocycles. The average molecular weight is 446 g/mol. The predicted molar refractivity (Wildman–Crippen MR) is 134 cm³/mol. The van der Waals surface area contributed by atoms with Crippen molar-refractivity contribution in [3.05, 3.63) is 59.3 Å². The number of rotatable bonds is 6. The van der Waals surface area contributed by atoms with Crippen LogP contribution in [0.15, 0.2) is 48.2 Å². The van der Waals surface area contributed by atoms with E-state index in [1.165, 1.54) is 5.57 Å². The first-order valence-corrected chi connectivity index (χ1v) is 11.9. The van der Waals surface area contributed by atoms with E-state index in [9.17, 15) is 4.79 Å². The summed E-state index contributed by atoms with van der Waals surface area (Å²) < 4.78 is 1.90. The van der Waals surface area contributed by atoms with Gasteiger partial charge >= 0.3 is 0 Å². The molecule has 0 radical (unpaired) electrons. The third-order valence-corrected chi connectivity index (χ3v) is 6.40. The van der Waals surface area contributed by atoms with Gasteiger partial charge in [-0.2, -0.15) is 5.10 Å². The van der Waals surface area contributed by atoms with Crippen molar-refractivity contribution in [2.45, 2.75) is 59.5 Å². The molecule has 6 heteroatoms. The van der Waals surface area contributed by atoms with E-state index in [0.717, 1.165) is 60.3 Å². The van der Waals surface area contributed by atoms with Crippen LogP contribution < -0.4 is 5.32 Å². The van der Waals surface area contributed by atoms with Crippen LogP contribution in [0.2, 0.25) is 0 Å². The largest absolute Gasteiger partial charge is 0.349 e. The summed E-state index contributed by atoms with van der Waals surface area (Å²) in [5, 5.41) is 8.65. The van der Waals surface area contributed by atoms with Crippen LogP contribution in [0.1, 0.15) is 62.5 Å². The summed E-state index contributed by atoms with van der Waals surface area (Å²) in [7, 11) is 0. The minimum absolute atomic E-state index is 0.0386. The van der Waals surface area contributed by atoms with Gasteiger partial charge in [-0.15, -0.1) is 0 Å². The number of pyridine rings is 1. The zero-order chi connectivity index (χ0) is 23.5. The molecule has 174 valence electrons. The Hall–Kier alpha value is -2.99. The fourth-order valence-corrected chi connectivity index (χ4v) is 4.42. The molecule has 0 bridgehead atoms. The number of aromatic nitrogens is 3. The zero-order valence-corrected chi connectivity index (χ0v) is 20.4. The lowest BCUT2D eigenvalue weighted by molar-refractivity contribution is 0.0915. The Balaban J connectivity index is 1.61. The summed E-state index contributed by atoms with van der Waals surface area (Å²) in [4.78, 5) is 20.8. The first kappa shape index (κ1) is 23.2. The van der Waals surface area contributed by atoms with Gasteiger partial charge < -0.3 is 5.32 Å². The van der Waals surface area contributed by atoms with E-state index in [1.54, 1.807) is 6.20 Å². The van der Waals surface area contributed by atoms with Gasteiger partial charge in [-0.3, -0.25) is 9.69 Å². The predicted octanol–water partition coefficient (Wildman–Crippen LogP) is 5.15. The van der Waals surface area contributed by atoms with Gasteiger partial charge in [0.15, 0.2) is 5.65 Å². The summed E-state index contributed by atoms with van der Waals surface area (Å²) in [6.07, 6.45) is 5.98. The molecule has 3 heterocycles. The van der Waals surface area contributed by atoms with E-state index in [0.29, 0.717) is 5.56 Å². The molecule has 33 heavy (non-hydrogen) atoms. The Morgan fingerprint density at radius 3 is 2.61 bits per heavy atom. The van der Waals surface area contributed by atoms with Crippen molar-refractivity contribution in [3.8, 4) is 11.3 Å². The number of hydrogen-bond acceptors (Lipinski definition) is 4. The number of allylic oxidation sites excluding steroid dienone is 1. The zero-order valence-electron chi connectivity index (χ0n) is 20.4. The van der Waals surface area contributed by atoms with E-state index in [-0.39, 0.29) is 18.0 Å². The number of piperidine rings is 1. The highest BCUT2D eigenvalue weighted by molar-refractivity contribution is 6.06. The number of nitrogens with one attached hydrogen (secondary N) is 1. The molecule has 0 unspecified atom stereocenters. The third-order valence-electron chi connectivity index (χ3n) is 6.40. The van der Waals surface area contributed by atoms with Gasteiger partial charge in [-0.1, -0.05) is 35.9 Å². The van der Waals surface area contributed by atoms with Crippen molar-refractivity contribution in [3.63, 3.8) is 0 Å². The number of likely N-dealkylation sites (tertiary alicyclic amines) is 1. The van der Waals surface area contributed by atoms with Gasteiger partial charge in [-0.05, 0) is 59.1 Å². The normalized spacial score (nSPS) is 15.2. The summed E-state index contributed by atoms with van der Waals surface area (Å²) >= 11 is 0. The third kappa shape index (κ3) is 5.17. The maximum absolute atomic E-state index is 13.5. The second-order valence-corrected chi connectivity index (χ2v) is 9.62. The lowest BCUT2D eigenvalue weighted by Gasteiger charge is -2.31. The molecule has 0 spiro atoms. The van der Waals surface area contributed by atoms with Crippen LogP contribution in [0.4, 0.5) is 0 Å². The molecule has 0 saturated carbocycles. The van der Waals surface area contributed by atoms with Gasteiger partial charge in [0.2, 0.25) is 0 Å². The summed E-state index contributed by atoms with van der Waals surface area (Å²) in [5.41, 5.74) is 5.74. The maximum Gasteiger partial charge on any atom is 0.252 e. The molecule has 1 amide bonds. The number of aryl methyl sites for hydroxylation is 1. The lowest BCUT2D eigenvalue weighted by atomic mass is 10.0. The topological polar surface area (TPSA) is 63.1 Å². The Morgan fingerprint density at radius 1 is 1.21 bits per heavy atom. The van der Waals surface area contributed by atoms with Crippen LogP contribution in [-0.2, 0) is 0 Å². The van der Waals surface area contributed by atoms with Crippen LogP contribution in [0.3, 0.4) is 0 Å². The Kier molecular flexibility index (Phi) is 6.94. The Labute approximate surface area is 196 Å². The molecule has 6 nitrogen and oxygen atoms in total. The van der Waals surface area contributed by atoms with Crippen molar-refractivity contribution in [1.82, 2.24) is 25.0 Å². The van der Waals surface area contributed by atoms with Gasteiger partial charge in [0.1, 0.15) is 0 Å². The minimum atomic E-state index is -0.0386. The molecule has 0 aliphatic carbocycles. The number of amides is 1. The number of fused-ring (bicyclic) bond motifs is 1. The van der Waals surface area contributed by atoms with Gasteiger partial charge in [0, 0.05) is 37.3 Å². The molecule has 1 N–H and O–H groups in total. The van der Waals surface area contributed by atoms with E-state index in [4.69, 9.17) is 4.98 Å². The fourth-order valence-electron chi connectivity index (χ4n) is 4.42. The molecule has 4 rings (SSSR count). The standard InChI is InChI=1S/C27H35N5O/c1-18(2)10-13-31-14-11-21(12-15-31)29-27(33)23-16-25(22-9-7-6-8-20(22)5)30-26-24(23)17-28-32(26)19(3)4/h6-10,16-17,19,21H,11-15H2,1-5H3,(H,29,33). The van der Waals surface area contributed by atoms with Crippen LogP contribution in [0.25, 0.3) is 22.3 Å². The van der Waals surface area contributed by atoms with Crippen LogP contribution in [-0.4, -0.2) is 51.2 Å². The highest BCUT2D eigenvalue weighted by Crippen LogP contribution is 2.28. The molecule has 2 aromatic heterocycles. The number of carbonyl (C=O) groups is 1. The average Bonchev–Trinajstić information content (AvgIpc) is 3.22. The molecule has 1 aromatic carbocycles. The molecule has 0 atom stereocenters. The van der Waals surface area contributed by atoms with E-state index < -0.39 is 0 Å². The van der Waals surface area contributed by atoms with Crippen molar-refractivity contribution in [2.24, 2.45) is 0 Å². The summed E-state index contributed by atoms with van der Waals surface area (Å²) in [5.74, 6) is -0.0386. The quantitative estimate of drug-likeness (QED) is 0.533. The fraction of sp³-hybridized carbons (Fsp3) is 0.444. The van der Waals surface area contributed by atoms with Crippen LogP contribution in [0, 0.1) is 6.92 Å². The molecule has 3 aromatic rings. The first-order valence-electron chi connectivity index (χ1n) is 11.9. The second-order valence-electron chi connectivity index (χ2n) is 9.62. The summed E-state index contributed by atoms with van der Waals surface area (Å²) in [6.45, 7) is 13.5. The molecule has 1 aliphatic rings. The monoisotopic (exact) mass is 445 g/mol. The number of hydrogen-bond donors (Lipinski definition) is 1. The Morgan fingerprint density at radius 2 is 1.94 bits per heavy atom. The van der Waals surface area contributed by atoms with Gasteiger partial charge in [0.05, 0.1) is 22.8 Å². The molecule has 1 aliphatic heterocycles. The molecular weight excluding hydrogens is 410 g/mol. The van der Waals surface area contributed by atoms with Crippen molar-refractivity contribution in [2.75, 3.05) is 19.6 Å². The number of carbonyl (C=O) groups excluding carboxylic acids is 1. The van der Waals surface area contributed by atoms with Crippen molar-refractivity contribution < 1.29 is 4.79 Å². The SMILES string of the molecule is CC(C)=CCN1CCC(NC(=O)c2cc(-c3ccccc3C)nc3c2cnn3C(C)C)CC1. The van der Waals surface area contributed by atoms with E-state index >= 15 is 0 Å². The van der Waals surface area contributed by atoms with Gasteiger partial charge in [0.25, 0.3) is 5.91 Å². The Bertz CT molecular complexity index is 1160. The maximum atomic E-state index is 13.5. The van der Waals surface area contributed by atoms with E-state index in [1.807, 2.05) is 22.9 Å². The molecule has 1 fully saturated rings. The number of nitrogens with zero attached hydrogens (tertiary/aromatic N) is 4. The second kappa shape index (κ2) is 9.87. The van der Waals surface area contributed by atoms with Gasteiger partial charge in [-0.25, -0.2) is 9.67 Å². The van der Waals surface area contributed by atoms with E-state index in [2.05, 4.69) is 68.1 Å². The smallest absolute Gasteiger partial charge is 0.252 e. The van der Waals surface area contributed by atoms with Crippen molar-refractivity contribution in [1.29, 1.82) is 0 Å². The van der Waals surface area contributed by atoms with Crippen LogP contribution >= 0.6 is 0 Å². The summed E-state index contributed by atoms with van der Waals surface area (Å²) in [6, 6.07) is 10.4. The lowest BCUT2D eigenvalue weighted by Crippen LogP contribution is -2.44. The highest BCUT2D eigenvalue weighted by atomic mass is 16.1. The number of benzene rings is 1. The minimum Gasteiger partial charge on any atom is -0.349 e. The van der Waals surface area contributed by atoms with Crippen LogP contribution in [0.5, 0.6) is 0 Å². The molecular formula is C27H35N5O. The first-order chi connectivity index (χ1) is 15.8.